The molecule has 4 aromatic rings. The van der Waals surface area contributed by atoms with E-state index in [9.17, 15) is 0 Å². The topological polar surface area (TPSA) is 56.0 Å². The third kappa shape index (κ3) is 3.39. The minimum Gasteiger partial charge on any atom is -0.227 e. The molecule has 128 valence electrons. The molecule has 0 saturated heterocycles. The zero-order valence-electron chi connectivity index (χ0n) is 13.3. The molecule has 0 N–H and O–H groups in total. The first-order valence-electron chi connectivity index (χ1n) is 7.62. The van der Waals surface area contributed by atoms with E-state index in [1.807, 2.05) is 30.3 Å². The zero-order chi connectivity index (χ0) is 17.9. The molecule has 0 amide bonds. The molecular weight excluding hydrogens is 389 g/mol. The Morgan fingerprint density at radius 1 is 1.00 bits per heavy atom. The Morgan fingerprint density at radius 3 is 2.46 bits per heavy atom. The van der Waals surface area contributed by atoms with Gasteiger partial charge in [-0.1, -0.05) is 70.9 Å². The summed E-state index contributed by atoms with van der Waals surface area (Å²) >= 11 is 13.8. The predicted octanol–water partition coefficient (Wildman–Crippen LogP) is 5.45. The van der Waals surface area contributed by atoms with Crippen LogP contribution in [0.2, 0.25) is 10.0 Å². The van der Waals surface area contributed by atoms with Gasteiger partial charge in [0.05, 0.1) is 10.0 Å². The van der Waals surface area contributed by atoms with Crippen LogP contribution in [-0.2, 0) is 0 Å². The molecule has 26 heavy (non-hydrogen) atoms. The SMILES string of the molecule is Clc1cccc(Cl)c1C=Nc1nc(-c2ccccc2)c(-n2cncn2)s1. The van der Waals surface area contributed by atoms with Crippen molar-refractivity contribution >= 4 is 45.9 Å². The molecule has 0 atom stereocenters. The van der Waals surface area contributed by atoms with Crippen LogP contribution in [0.15, 0.2) is 66.2 Å². The molecule has 0 unspecified atom stereocenters. The molecule has 0 fully saturated rings. The van der Waals surface area contributed by atoms with Gasteiger partial charge in [0.2, 0.25) is 5.13 Å². The zero-order valence-corrected chi connectivity index (χ0v) is 15.6. The average Bonchev–Trinajstić information content (AvgIpc) is 3.32. The van der Waals surface area contributed by atoms with Gasteiger partial charge in [0.25, 0.3) is 0 Å². The van der Waals surface area contributed by atoms with Crippen molar-refractivity contribution in [3.63, 3.8) is 0 Å². The van der Waals surface area contributed by atoms with Crippen LogP contribution >= 0.6 is 34.5 Å². The van der Waals surface area contributed by atoms with Crippen molar-refractivity contribution in [1.82, 2.24) is 19.7 Å². The highest BCUT2D eigenvalue weighted by Crippen LogP contribution is 2.35. The fraction of sp³-hybridized carbons (Fsp3) is 0. The number of hydrogen-bond donors (Lipinski definition) is 0. The number of halogens is 2. The van der Waals surface area contributed by atoms with Gasteiger partial charge >= 0.3 is 0 Å². The molecule has 4 rings (SSSR count). The number of benzene rings is 2. The lowest BCUT2D eigenvalue weighted by Crippen LogP contribution is -1.93. The Hall–Kier alpha value is -2.54. The third-order valence-corrected chi connectivity index (χ3v) is 5.19. The lowest BCUT2D eigenvalue weighted by atomic mass is 10.2. The number of nitrogens with zero attached hydrogens (tertiary/aromatic N) is 5. The number of hydrogen-bond acceptors (Lipinski definition) is 5. The van der Waals surface area contributed by atoms with Gasteiger partial charge in [0.1, 0.15) is 23.3 Å². The number of aliphatic imine (C=N–C) groups is 1. The minimum atomic E-state index is 0.539. The normalized spacial score (nSPS) is 11.3. The largest absolute Gasteiger partial charge is 0.227 e. The maximum atomic E-state index is 6.19. The second-order valence-corrected chi connectivity index (χ2v) is 7.02. The Morgan fingerprint density at radius 2 is 1.77 bits per heavy atom. The summed E-state index contributed by atoms with van der Waals surface area (Å²) in [6.07, 6.45) is 4.75. The van der Waals surface area contributed by atoms with Gasteiger partial charge in [-0.3, -0.25) is 0 Å². The molecule has 0 aliphatic rings. The van der Waals surface area contributed by atoms with Crippen molar-refractivity contribution in [2.45, 2.75) is 0 Å². The third-order valence-electron chi connectivity index (χ3n) is 3.58. The molecule has 5 nitrogen and oxygen atoms in total. The summed E-state index contributed by atoms with van der Waals surface area (Å²) in [5, 5.41) is 6.71. The van der Waals surface area contributed by atoms with Crippen LogP contribution in [0.4, 0.5) is 5.13 Å². The lowest BCUT2D eigenvalue weighted by molar-refractivity contribution is 0.895. The van der Waals surface area contributed by atoms with Crippen LogP contribution in [-0.4, -0.2) is 26.0 Å². The van der Waals surface area contributed by atoms with Crippen molar-refractivity contribution in [2.24, 2.45) is 4.99 Å². The van der Waals surface area contributed by atoms with Gasteiger partial charge in [-0.25, -0.2) is 19.6 Å². The van der Waals surface area contributed by atoms with E-state index in [4.69, 9.17) is 23.2 Å². The number of rotatable bonds is 4. The fourth-order valence-electron chi connectivity index (χ4n) is 2.36. The van der Waals surface area contributed by atoms with Gasteiger partial charge in [0.15, 0.2) is 0 Å². The van der Waals surface area contributed by atoms with Crippen molar-refractivity contribution < 1.29 is 0 Å². The number of aromatic nitrogens is 4. The molecular formula is C18H11Cl2N5S. The Bertz CT molecular complexity index is 1040. The van der Waals surface area contributed by atoms with Gasteiger partial charge in [0, 0.05) is 17.3 Å². The van der Waals surface area contributed by atoms with E-state index in [2.05, 4.69) is 20.1 Å². The summed E-state index contributed by atoms with van der Waals surface area (Å²) in [5.41, 5.74) is 2.43. The second-order valence-electron chi connectivity index (χ2n) is 5.25. The summed E-state index contributed by atoms with van der Waals surface area (Å²) in [6, 6.07) is 15.2. The van der Waals surface area contributed by atoms with E-state index >= 15 is 0 Å². The van der Waals surface area contributed by atoms with E-state index in [0.717, 1.165) is 16.3 Å². The van der Waals surface area contributed by atoms with Crippen LogP contribution in [0.1, 0.15) is 5.56 Å². The number of thiazole rings is 1. The first-order valence-corrected chi connectivity index (χ1v) is 9.19. The van der Waals surface area contributed by atoms with Crippen LogP contribution in [0.5, 0.6) is 0 Å². The van der Waals surface area contributed by atoms with E-state index in [-0.39, 0.29) is 0 Å². The van der Waals surface area contributed by atoms with Crippen molar-refractivity contribution in [1.29, 1.82) is 0 Å². The molecule has 0 saturated carbocycles. The van der Waals surface area contributed by atoms with Gasteiger partial charge in [-0.15, -0.1) is 0 Å². The smallest absolute Gasteiger partial charge is 0.211 e. The quantitative estimate of drug-likeness (QED) is 0.428. The van der Waals surface area contributed by atoms with Crippen LogP contribution in [0.3, 0.4) is 0 Å². The van der Waals surface area contributed by atoms with E-state index < -0.39 is 0 Å². The molecule has 8 heteroatoms. The summed E-state index contributed by atoms with van der Waals surface area (Å²) in [4.78, 5) is 13.1. The highest BCUT2D eigenvalue weighted by molar-refractivity contribution is 7.18. The summed E-state index contributed by atoms with van der Waals surface area (Å²) in [7, 11) is 0. The fourth-order valence-corrected chi connectivity index (χ4v) is 3.72. The van der Waals surface area contributed by atoms with Crippen LogP contribution in [0, 0.1) is 0 Å². The standard InChI is InChI=1S/C18H11Cl2N5S/c19-14-7-4-8-15(20)13(14)9-22-18-24-16(12-5-2-1-3-6-12)17(26-18)25-11-21-10-23-25/h1-11H. The van der Waals surface area contributed by atoms with E-state index in [1.165, 1.54) is 17.7 Å². The molecule has 0 bridgehead atoms. The Balaban J connectivity index is 1.78. The molecule has 2 heterocycles. The molecule has 0 radical (unpaired) electrons. The molecule has 2 aromatic heterocycles. The van der Waals surface area contributed by atoms with E-state index in [0.29, 0.717) is 20.7 Å². The van der Waals surface area contributed by atoms with Crippen LogP contribution < -0.4 is 0 Å². The van der Waals surface area contributed by atoms with Crippen molar-refractivity contribution in [2.75, 3.05) is 0 Å². The minimum absolute atomic E-state index is 0.539. The van der Waals surface area contributed by atoms with Gasteiger partial charge in [-0.05, 0) is 12.1 Å². The lowest BCUT2D eigenvalue weighted by Gasteiger charge is -2.00. The maximum Gasteiger partial charge on any atom is 0.211 e. The van der Waals surface area contributed by atoms with Gasteiger partial charge in [-0.2, -0.15) is 5.10 Å². The highest BCUT2D eigenvalue weighted by Gasteiger charge is 2.15. The first-order chi connectivity index (χ1) is 12.7. The van der Waals surface area contributed by atoms with Crippen LogP contribution in [0.25, 0.3) is 16.3 Å². The van der Waals surface area contributed by atoms with Gasteiger partial charge < -0.3 is 0 Å². The predicted molar refractivity (Wildman–Crippen MR) is 106 cm³/mol. The van der Waals surface area contributed by atoms with Crippen molar-refractivity contribution in [3.8, 4) is 16.3 Å². The maximum absolute atomic E-state index is 6.19. The Kier molecular flexibility index (Phi) is 4.79. The molecule has 0 aliphatic heterocycles. The Labute approximate surface area is 163 Å². The average molecular weight is 400 g/mol. The highest BCUT2D eigenvalue weighted by atomic mass is 35.5. The van der Waals surface area contributed by atoms with Crippen molar-refractivity contribution in [3.05, 3.63) is 76.8 Å². The first kappa shape index (κ1) is 16.9. The molecule has 2 aromatic carbocycles. The summed E-state index contributed by atoms with van der Waals surface area (Å²) in [5.74, 6) is 0. The summed E-state index contributed by atoms with van der Waals surface area (Å²) in [6.45, 7) is 0. The second kappa shape index (κ2) is 7.37. The van der Waals surface area contributed by atoms with E-state index in [1.54, 1.807) is 35.4 Å². The monoisotopic (exact) mass is 399 g/mol. The molecule has 0 spiro atoms. The summed E-state index contributed by atoms with van der Waals surface area (Å²) < 4.78 is 1.68. The molecule has 0 aliphatic carbocycles.